The minimum atomic E-state index is -0.517. The van der Waals surface area contributed by atoms with Gasteiger partial charge in [0.2, 0.25) is 5.82 Å². The molecule has 4 rings (SSSR count). The number of benzene rings is 3. The Balaban J connectivity index is 1.81. The highest BCUT2D eigenvalue weighted by molar-refractivity contribution is 5.92. The van der Waals surface area contributed by atoms with Crippen LogP contribution in [0.5, 0.6) is 0 Å². The lowest BCUT2D eigenvalue weighted by molar-refractivity contribution is 0.0933. The van der Waals surface area contributed by atoms with Crippen molar-refractivity contribution >= 4 is 16.7 Å². The summed E-state index contributed by atoms with van der Waals surface area (Å²) in [4.78, 5) is 26.2. The molecule has 1 aromatic heterocycles. The summed E-state index contributed by atoms with van der Waals surface area (Å²) in [6, 6.07) is 23.3. The maximum Gasteiger partial charge on any atom is 0.341 e. The van der Waals surface area contributed by atoms with Crippen molar-refractivity contribution in [3.8, 4) is 0 Å². The molecule has 1 heterocycles. The molecular weight excluding hydrogens is 328 g/mol. The van der Waals surface area contributed by atoms with Crippen molar-refractivity contribution < 1.29 is 4.79 Å². The maximum atomic E-state index is 12.6. The minimum absolute atomic E-state index is 0.0452. The standard InChI is InChI=1S/C20H16N4O2/c25-19(18-22-20(26)24-23-18)21-17(14-8-2-1-3-9-14)16-12-6-10-13-7-4-5-11-15(13)16/h1-12,17H,(H,21,25)(H2,22,23,24,26). The molecule has 1 amide bonds. The fraction of sp³-hybridized carbons (Fsp3) is 0.0500. The predicted octanol–water partition coefficient (Wildman–Crippen LogP) is 2.77. The molecule has 26 heavy (non-hydrogen) atoms. The molecule has 0 spiro atoms. The van der Waals surface area contributed by atoms with Crippen LogP contribution in [0.1, 0.15) is 27.8 Å². The number of nitrogens with zero attached hydrogens (tertiary/aromatic N) is 1. The van der Waals surface area contributed by atoms with Crippen molar-refractivity contribution in [3.05, 3.63) is 100 Å². The molecule has 0 radical (unpaired) electrons. The summed E-state index contributed by atoms with van der Waals surface area (Å²) in [5.41, 5.74) is 1.40. The molecule has 0 bridgehead atoms. The van der Waals surface area contributed by atoms with E-state index in [-0.39, 0.29) is 11.9 Å². The van der Waals surface area contributed by atoms with Crippen molar-refractivity contribution in [2.24, 2.45) is 0 Å². The van der Waals surface area contributed by atoms with Crippen LogP contribution in [0, 0.1) is 0 Å². The lowest BCUT2D eigenvalue weighted by Crippen LogP contribution is -2.30. The molecule has 4 aromatic rings. The van der Waals surface area contributed by atoms with Crippen LogP contribution in [0.3, 0.4) is 0 Å². The number of carbonyl (C=O) groups is 1. The Morgan fingerprint density at radius 1 is 0.923 bits per heavy atom. The first kappa shape index (κ1) is 15.8. The number of hydrogen-bond acceptors (Lipinski definition) is 3. The van der Waals surface area contributed by atoms with Crippen molar-refractivity contribution in [3.63, 3.8) is 0 Å². The van der Waals surface area contributed by atoms with Crippen molar-refractivity contribution in [1.82, 2.24) is 20.5 Å². The van der Waals surface area contributed by atoms with Gasteiger partial charge in [-0.3, -0.25) is 9.78 Å². The Kier molecular flexibility index (Phi) is 4.07. The van der Waals surface area contributed by atoms with E-state index in [0.29, 0.717) is 0 Å². The van der Waals surface area contributed by atoms with E-state index >= 15 is 0 Å². The fourth-order valence-electron chi connectivity index (χ4n) is 3.07. The average molecular weight is 344 g/mol. The maximum absolute atomic E-state index is 12.6. The van der Waals surface area contributed by atoms with Gasteiger partial charge in [-0.25, -0.2) is 9.89 Å². The van der Waals surface area contributed by atoms with Gasteiger partial charge in [-0.1, -0.05) is 72.8 Å². The molecular formula is C20H16N4O2. The molecule has 6 heteroatoms. The summed E-state index contributed by atoms with van der Waals surface area (Å²) in [6.45, 7) is 0. The number of aromatic amines is 2. The molecule has 0 aliphatic carbocycles. The third-order valence-corrected chi connectivity index (χ3v) is 4.26. The van der Waals surface area contributed by atoms with Crippen LogP contribution in [0.2, 0.25) is 0 Å². The van der Waals surface area contributed by atoms with Gasteiger partial charge in [-0.2, -0.15) is 0 Å². The lowest BCUT2D eigenvalue weighted by Gasteiger charge is -2.21. The zero-order chi connectivity index (χ0) is 17.9. The van der Waals surface area contributed by atoms with E-state index < -0.39 is 11.6 Å². The Labute approximate surface area is 148 Å². The van der Waals surface area contributed by atoms with Gasteiger partial charge >= 0.3 is 5.69 Å². The highest BCUT2D eigenvalue weighted by Crippen LogP contribution is 2.29. The van der Waals surface area contributed by atoms with E-state index in [1.165, 1.54) is 0 Å². The molecule has 3 N–H and O–H groups in total. The number of carbonyl (C=O) groups excluding carboxylic acids is 1. The summed E-state index contributed by atoms with van der Waals surface area (Å²) in [5.74, 6) is -0.499. The minimum Gasteiger partial charge on any atom is -0.338 e. The van der Waals surface area contributed by atoms with Gasteiger partial charge in [0.25, 0.3) is 5.91 Å². The first-order chi connectivity index (χ1) is 12.7. The topological polar surface area (TPSA) is 90.6 Å². The number of rotatable bonds is 4. The third kappa shape index (κ3) is 3.00. The quantitative estimate of drug-likeness (QED) is 0.532. The number of H-pyrrole nitrogens is 2. The summed E-state index contributed by atoms with van der Waals surface area (Å²) in [5, 5.41) is 11.0. The second kappa shape index (κ2) is 6.68. The van der Waals surface area contributed by atoms with Gasteiger partial charge in [0.15, 0.2) is 0 Å². The van der Waals surface area contributed by atoms with Crippen LogP contribution in [0.15, 0.2) is 77.6 Å². The predicted molar refractivity (Wildman–Crippen MR) is 98.9 cm³/mol. The van der Waals surface area contributed by atoms with E-state index in [2.05, 4.69) is 20.5 Å². The summed E-state index contributed by atoms with van der Waals surface area (Å²) < 4.78 is 0. The number of amides is 1. The largest absolute Gasteiger partial charge is 0.341 e. The molecule has 0 aliphatic heterocycles. The van der Waals surface area contributed by atoms with Gasteiger partial charge in [0, 0.05) is 0 Å². The number of fused-ring (bicyclic) bond motifs is 1. The smallest absolute Gasteiger partial charge is 0.338 e. The Hall–Kier alpha value is -3.67. The average Bonchev–Trinajstić information content (AvgIpc) is 3.13. The Morgan fingerprint density at radius 2 is 1.65 bits per heavy atom. The van der Waals surface area contributed by atoms with Gasteiger partial charge in [-0.15, -0.1) is 5.10 Å². The first-order valence-electron chi connectivity index (χ1n) is 8.20. The van der Waals surface area contributed by atoms with Gasteiger partial charge in [0.05, 0.1) is 6.04 Å². The molecule has 0 aliphatic rings. The fourth-order valence-corrected chi connectivity index (χ4v) is 3.07. The summed E-state index contributed by atoms with van der Waals surface area (Å²) in [6.07, 6.45) is 0. The number of nitrogens with one attached hydrogen (secondary N) is 3. The molecule has 1 atom stereocenters. The van der Waals surface area contributed by atoms with Crippen LogP contribution in [-0.4, -0.2) is 21.1 Å². The second-order valence-electron chi connectivity index (χ2n) is 5.91. The highest BCUT2D eigenvalue weighted by atomic mass is 16.2. The molecule has 0 saturated carbocycles. The summed E-state index contributed by atoms with van der Waals surface area (Å²) >= 11 is 0. The monoisotopic (exact) mass is 344 g/mol. The molecule has 1 unspecified atom stereocenters. The lowest BCUT2D eigenvalue weighted by atomic mass is 9.93. The normalized spacial score (nSPS) is 12.0. The first-order valence-corrected chi connectivity index (χ1v) is 8.20. The SMILES string of the molecule is O=C(NC(c1ccccc1)c1cccc2ccccc12)c1n[nH]c(=O)[nH]1. The van der Waals surface area contributed by atoms with Crippen molar-refractivity contribution in [2.45, 2.75) is 6.04 Å². The Morgan fingerprint density at radius 3 is 2.42 bits per heavy atom. The molecule has 3 aromatic carbocycles. The van der Waals surface area contributed by atoms with Crippen LogP contribution in [-0.2, 0) is 0 Å². The molecule has 0 saturated heterocycles. The Bertz CT molecular complexity index is 1110. The number of aromatic nitrogens is 3. The highest BCUT2D eigenvalue weighted by Gasteiger charge is 2.21. The molecule has 6 nitrogen and oxygen atoms in total. The van der Waals surface area contributed by atoms with Gasteiger partial charge < -0.3 is 5.32 Å². The van der Waals surface area contributed by atoms with Crippen LogP contribution in [0.4, 0.5) is 0 Å². The molecule has 128 valence electrons. The van der Waals surface area contributed by atoms with Crippen LogP contribution >= 0.6 is 0 Å². The second-order valence-corrected chi connectivity index (χ2v) is 5.91. The van der Waals surface area contributed by atoms with E-state index in [4.69, 9.17) is 0 Å². The number of hydrogen-bond donors (Lipinski definition) is 3. The van der Waals surface area contributed by atoms with Crippen LogP contribution in [0.25, 0.3) is 10.8 Å². The van der Waals surface area contributed by atoms with Crippen molar-refractivity contribution in [2.75, 3.05) is 0 Å². The summed E-state index contributed by atoms with van der Waals surface area (Å²) in [7, 11) is 0. The van der Waals surface area contributed by atoms with Crippen LogP contribution < -0.4 is 11.0 Å². The zero-order valence-electron chi connectivity index (χ0n) is 13.8. The van der Waals surface area contributed by atoms with Crippen molar-refractivity contribution in [1.29, 1.82) is 0 Å². The van der Waals surface area contributed by atoms with E-state index in [9.17, 15) is 9.59 Å². The van der Waals surface area contributed by atoms with Gasteiger partial charge in [0.1, 0.15) is 0 Å². The van der Waals surface area contributed by atoms with Gasteiger partial charge in [-0.05, 0) is 21.9 Å². The molecule has 0 fully saturated rings. The third-order valence-electron chi connectivity index (χ3n) is 4.26. The van der Waals surface area contributed by atoms with E-state index in [1.807, 2.05) is 72.8 Å². The zero-order valence-corrected chi connectivity index (χ0v) is 13.8. The van der Waals surface area contributed by atoms with E-state index in [1.54, 1.807) is 0 Å². The van der Waals surface area contributed by atoms with E-state index in [0.717, 1.165) is 21.9 Å².